The minimum absolute atomic E-state index is 0.113. The Morgan fingerprint density at radius 2 is 1.56 bits per heavy atom. The Balaban J connectivity index is 1.59. The second-order valence-electron chi connectivity index (χ2n) is 9.90. The van der Waals surface area contributed by atoms with Crippen molar-refractivity contribution in [2.45, 2.75) is 62.9 Å². The Hall–Kier alpha value is -2.18. The molecule has 0 aromatic heterocycles. The normalized spacial score (nSPS) is 14.5. The Morgan fingerprint density at radius 3 is 2.28 bits per heavy atom. The zero-order valence-corrected chi connectivity index (χ0v) is 24.8. The maximum absolute atomic E-state index is 13.8. The van der Waals surface area contributed by atoms with Crippen molar-refractivity contribution in [1.29, 1.82) is 0 Å². The van der Waals surface area contributed by atoms with E-state index in [0.717, 1.165) is 42.4 Å². The van der Waals surface area contributed by atoms with Crippen LogP contribution in [-0.2, 0) is 28.3 Å². The molecule has 1 saturated carbocycles. The predicted molar refractivity (Wildman–Crippen MR) is 164 cm³/mol. The molecule has 0 aliphatic heterocycles. The highest BCUT2D eigenvalue weighted by atomic mass is 35.5. The van der Waals surface area contributed by atoms with Crippen molar-refractivity contribution >= 4 is 58.4 Å². The fourth-order valence-corrected chi connectivity index (χ4v) is 6.40. The summed E-state index contributed by atoms with van der Waals surface area (Å²) in [4.78, 5) is 29.4. The van der Waals surface area contributed by atoms with Gasteiger partial charge in [-0.25, -0.2) is 0 Å². The lowest BCUT2D eigenvalue weighted by Crippen LogP contribution is -2.53. The van der Waals surface area contributed by atoms with Gasteiger partial charge in [0.25, 0.3) is 0 Å². The van der Waals surface area contributed by atoms with Crippen LogP contribution >= 0.6 is 46.6 Å². The van der Waals surface area contributed by atoms with E-state index in [9.17, 15) is 9.59 Å². The molecule has 0 heterocycles. The first kappa shape index (κ1) is 29.8. The number of rotatable bonds is 11. The lowest BCUT2D eigenvalue weighted by molar-refractivity contribution is -0.139. The summed E-state index contributed by atoms with van der Waals surface area (Å²) in [6.45, 7) is 0.248. The molecule has 0 spiro atoms. The topological polar surface area (TPSA) is 49.4 Å². The van der Waals surface area contributed by atoms with Gasteiger partial charge in [0.15, 0.2) is 0 Å². The van der Waals surface area contributed by atoms with Gasteiger partial charge in [0.2, 0.25) is 11.8 Å². The number of amides is 2. The molecule has 2 amide bonds. The minimum Gasteiger partial charge on any atom is -0.352 e. The van der Waals surface area contributed by atoms with Crippen LogP contribution in [-0.4, -0.2) is 34.6 Å². The number of hydrogen-bond acceptors (Lipinski definition) is 3. The largest absolute Gasteiger partial charge is 0.352 e. The average molecular weight is 604 g/mol. The molecule has 4 rings (SSSR count). The van der Waals surface area contributed by atoms with Crippen molar-refractivity contribution in [2.24, 2.45) is 0 Å². The molecule has 4 nitrogen and oxygen atoms in total. The van der Waals surface area contributed by atoms with Gasteiger partial charge in [-0.05, 0) is 47.7 Å². The molecule has 39 heavy (non-hydrogen) atoms. The standard InChI is InChI=1S/C31H33Cl3N2O2S/c32-26-14-8-7-11-24(26)20-39-21-30(37)36(19-23-15-16-27(33)28(34)17-23)29(18-22-9-3-1-4-10-22)31(38)35-25-12-5-2-6-13-25/h1,3-4,7-11,14-17,25,29H,2,5-6,12-13,18-21H2,(H,35,38). The lowest BCUT2D eigenvalue weighted by Gasteiger charge is -2.33. The van der Waals surface area contributed by atoms with Gasteiger partial charge in [-0.3, -0.25) is 9.59 Å². The van der Waals surface area contributed by atoms with Gasteiger partial charge >= 0.3 is 0 Å². The summed E-state index contributed by atoms with van der Waals surface area (Å²) in [5.74, 6) is 0.589. The van der Waals surface area contributed by atoms with E-state index in [-0.39, 0.29) is 30.2 Å². The molecule has 1 fully saturated rings. The molecule has 1 unspecified atom stereocenters. The van der Waals surface area contributed by atoms with Crippen molar-refractivity contribution in [3.63, 3.8) is 0 Å². The van der Waals surface area contributed by atoms with E-state index in [4.69, 9.17) is 34.8 Å². The fraction of sp³-hybridized carbons (Fsp3) is 0.355. The number of nitrogens with zero attached hydrogens (tertiary/aromatic N) is 1. The van der Waals surface area contributed by atoms with Gasteiger partial charge in [0.1, 0.15) is 6.04 Å². The summed E-state index contributed by atoms with van der Waals surface area (Å²) in [6.07, 6.45) is 5.78. The average Bonchev–Trinajstić information content (AvgIpc) is 2.94. The minimum atomic E-state index is -0.669. The summed E-state index contributed by atoms with van der Waals surface area (Å²) in [6, 6.07) is 22.3. The van der Waals surface area contributed by atoms with E-state index in [1.165, 1.54) is 18.2 Å². The maximum atomic E-state index is 13.8. The van der Waals surface area contributed by atoms with Crippen LogP contribution in [0.5, 0.6) is 0 Å². The van der Waals surface area contributed by atoms with Crippen molar-refractivity contribution < 1.29 is 9.59 Å². The first-order valence-electron chi connectivity index (χ1n) is 13.3. The molecule has 206 valence electrons. The quantitative estimate of drug-likeness (QED) is 0.242. The SMILES string of the molecule is O=C(NC1CCCCC1)C(Cc1ccccc1)N(Cc1ccc(Cl)c(Cl)c1)C(=O)CSCc1ccccc1Cl. The maximum Gasteiger partial charge on any atom is 0.243 e. The summed E-state index contributed by atoms with van der Waals surface area (Å²) in [7, 11) is 0. The third-order valence-corrected chi connectivity index (χ3v) is 9.07. The fourth-order valence-electron chi connectivity index (χ4n) is 4.88. The molecule has 8 heteroatoms. The van der Waals surface area contributed by atoms with Gasteiger partial charge in [-0.15, -0.1) is 11.8 Å². The number of carbonyl (C=O) groups excluding carboxylic acids is 2. The molecule has 0 bridgehead atoms. The zero-order valence-electron chi connectivity index (χ0n) is 21.8. The van der Waals surface area contributed by atoms with Crippen molar-refractivity contribution in [2.75, 3.05) is 5.75 Å². The molecule has 0 saturated heterocycles. The van der Waals surface area contributed by atoms with E-state index < -0.39 is 6.04 Å². The van der Waals surface area contributed by atoms with Gasteiger partial charge in [-0.1, -0.05) is 109 Å². The van der Waals surface area contributed by atoms with Crippen LogP contribution in [0.25, 0.3) is 0 Å². The number of halogens is 3. The molecule has 3 aromatic carbocycles. The molecule has 3 aromatic rings. The predicted octanol–water partition coefficient (Wildman–Crippen LogP) is 7.97. The van der Waals surface area contributed by atoms with E-state index >= 15 is 0 Å². The first-order valence-corrected chi connectivity index (χ1v) is 15.6. The molecule has 0 radical (unpaired) electrons. The summed E-state index contributed by atoms with van der Waals surface area (Å²) < 4.78 is 0. The number of benzene rings is 3. The van der Waals surface area contributed by atoms with Crippen LogP contribution in [0.1, 0.15) is 48.8 Å². The molecule has 1 N–H and O–H groups in total. The second kappa shape index (κ2) is 15.0. The van der Waals surface area contributed by atoms with Crippen molar-refractivity contribution in [3.05, 3.63) is 105 Å². The number of carbonyl (C=O) groups is 2. The Kier molecular flexibility index (Phi) is 11.5. The number of nitrogens with one attached hydrogen (secondary N) is 1. The summed E-state index contributed by atoms with van der Waals surface area (Å²) in [5.41, 5.74) is 2.79. The third kappa shape index (κ3) is 8.91. The van der Waals surface area contributed by atoms with Crippen molar-refractivity contribution in [1.82, 2.24) is 10.2 Å². The van der Waals surface area contributed by atoms with Crippen LogP contribution in [0.15, 0.2) is 72.8 Å². The van der Waals surface area contributed by atoms with Gasteiger partial charge < -0.3 is 10.2 Å². The monoisotopic (exact) mass is 602 g/mol. The van der Waals surface area contributed by atoms with E-state index in [1.54, 1.807) is 17.0 Å². The smallest absolute Gasteiger partial charge is 0.243 e. The van der Waals surface area contributed by atoms with Crippen molar-refractivity contribution in [3.8, 4) is 0 Å². The molecular weight excluding hydrogens is 571 g/mol. The van der Waals surface area contributed by atoms with E-state index in [1.807, 2.05) is 60.7 Å². The van der Waals surface area contributed by atoms with Crippen LogP contribution in [0.2, 0.25) is 15.1 Å². The van der Waals surface area contributed by atoms with Crippen LogP contribution in [0.4, 0.5) is 0 Å². The first-order chi connectivity index (χ1) is 18.9. The molecule has 1 atom stereocenters. The lowest BCUT2D eigenvalue weighted by atomic mass is 9.94. The summed E-state index contributed by atoms with van der Waals surface area (Å²) >= 11 is 20.3. The second-order valence-corrected chi connectivity index (χ2v) is 12.1. The number of hydrogen-bond donors (Lipinski definition) is 1. The highest BCUT2D eigenvalue weighted by Gasteiger charge is 2.32. The van der Waals surface area contributed by atoms with E-state index in [0.29, 0.717) is 27.2 Å². The Morgan fingerprint density at radius 1 is 0.846 bits per heavy atom. The highest BCUT2D eigenvalue weighted by Crippen LogP contribution is 2.26. The molecule has 1 aliphatic rings. The zero-order chi connectivity index (χ0) is 27.6. The Bertz CT molecular complexity index is 1250. The van der Waals surface area contributed by atoms with Gasteiger partial charge in [-0.2, -0.15) is 0 Å². The van der Waals surface area contributed by atoms with Crippen LogP contribution in [0, 0.1) is 0 Å². The summed E-state index contributed by atoms with van der Waals surface area (Å²) in [5, 5.41) is 4.81. The molecular formula is C31H33Cl3N2O2S. The van der Waals surface area contributed by atoms with Gasteiger partial charge in [0, 0.05) is 29.8 Å². The Labute approximate surface area is 250 Å². The third-order valence-electron chi connectivity index (χ3n) is 7.00. The van der Waals surface area contributed by atoms with Crippen LogP contribution < -0.4 is 5.32 Å². The van der Waals surface area contributed by atoms with Gasteiger partial charge in [0.05, 0.1) is 15.8 Å². The van der Waals surface area contributed by atoms with E-state index in [2.05, 4.69) is 5.32 Å². The molecule has 1 aliphatic carbocycles. The van der Waals surface area contributed by atoms with Crippen LogP contribution in [0.3, 0.4) is 0 Å². The highest BCUT2D eigenvalue weighted by molar-refractivity contribution is 7.99. The number of thioether (sulfide) groups is 1.